The third kappa shape index (κ3) is 2.08. The lowest BCUT2D eigenvalue weighted by Gasteiger charge is -2.21. The van der Waals surface area contributed by atoms with Crippen LogP contribution in [-0.2, 0) is 4.74 Å². The highest BCUT2D eigenvalue weighted by atomic mass is 16.6. The summed E-state index contributed by atoms with van der Waals surface area (Å²) in [4.78, 5) is 14.1. The molecule has 0 spiro atoms. The van der Waals surface area contributed by atoms with Crippen LogP contribution in [0.25, 0.3) is 11.2 Å². The van der Waals surface area contributed by atoms with Crippen molar-refractivity contribution < 1.29 is 20.1 Å². The number of imidazole rings is 1. The Morgan fingerprint density at radius 1 is 1.32 bits per heavy atom. The summed E-state index contributed by atoms with van der Waals surface area (Å²) in [5.41, 5.74) is 6.57. The van der Waals surface area contributed by atoms with Gasteiger partial charge in [-0.25, -0.2) is 15.0 Å². The molecule has 3 rings (SSSR count). The zero-order valence-corrected chi connectivity index (χ0v) is 12.2. The maximum atomic E-state index is 10.2. The molecule has 10 heteroatoms. The highest BCUT2D eigenvalue weighted by Crippen LogP contribution is 2.35. The minimum atomic E-state index is -1.23. The fourth-order valence-corrected chi connectivity index (χ4v) is 2.56. The Labute approximate surface area is 125 Å². The van der Waals surface area contributed by atoms with Crippen molar-refractivity contribution in [1.29, 1.82) is 0 Å². The Balaban J connectivity index is 2.17. The van der Waals surface area contributed by atoms with E-state index in [1.807, 2.05) is 0 Å². The van der Waals surface area contributed by atoms with E-state index in [0.717, 1.165) is 0 Å². The van der Waals surface area contributed by atoms with Gasteiger partial charge in [0.1, 0.15) is 24.6 Å². The number of hydrogen-bond acceptors (Lipinski definition) is 9. The molecule has 0 amide bonds. The van der Waals surface area contributed by atoms with Crippen LogP contribution >= 0.6 is 0 Å². The van der Waals surface area contributed by atoms with E-state index in [1.54, 1.807) is 19.0 Å². The largest absolute Gasteiger partial charge is 0.394 e. The lowest BCUT2D eigenvalue weighted by molar-refractivity contribution is -0.0503. The summed E-state index contributed by atoms with van der Waals surface area (Å²) in [6.45, 7) is -0.407. The molecule has 2 aromatic rings. The van der Waals surface area contributed by atoms with Crippen molar-refractivity contribution in [3.63, 3.8) is 0 Å². The van der Waals surface area contributed by atoms with Crippen molar-refractivity contribution in [3.05, 3.63) is 6.33 Å². The van der Waals surface area contributed by atoms with E-state index in [9.17, 15) is 15.3 Å². The van der Waals surface area contributed by atoms with Crippen molar-refractivity contribution in [2.24, 2.45) is 0 Å². The summed E-state index contributed by atoms with van der Waals surface area (Å²) in [7, 11) is 3.53. The lowest BCUT2D eigenvalue weighted by Crippen LogP contribution is -2.33. The Bertz CT molecular complexity index is 690. The first-order valence-corrected chi connectivity index (χ1v) is 6.74. The second kappa shape index (κ2) is 5.32. The van der Waals surface area contributed by atoms with Gasteiger partial charge < -0.3 is 30.7 Å². The summed E-state index contributed by atoms with van der Waals surface area (Å²) >= 11 is 0. The molecule has 0 aromatic carbocycles. The fourth-order valence-electron chi connectivity index (χ4n) is 2.56. The maximum absolute atomic E-state index is 10.2. The standard InChI is InChI=1S/C12H18N6O4/c1-17(2)12-16-6-9(13)14-4-15-10(6)18(12)11-8(21)7(20)5(3-19)22-11/h4-5,7-8,11,19-21H,3H2,1-2H3,(H2,13,14,15)/t5-,7-,8-,11?/m1/s1. The number of nitrogens with two attached hydrogens (primary N) is 1. The molecule has 5 N–H and O–H groups in total. The highest BCUT2D eigenvalue weighted by molar-refractivity contribution is 5.84. The molecule has 0 radical (unpaired) electrons. The second-order valence-electron chi connectivity index (χ2n) is 5.34. The summed E-state index contributed by atoms with van der Waals surface area (Å²) in [6, 6.07) is 0. The van der Waals surface area contributed by atoms with Crippen LogP contribution in [0.5, 0.6) is 0 Å². The van der Waals surface area contributed by atoms with Gasteiger partial charge in [0.15, 0.2) is 23.2 Å². The van der Waals surface area contributed by atoms with E-state index < -0.39 is 31.1 Å². The summed E-state index contributed by atoms with van der Waals surface area (Å²) in [6.07, 6.45) is -2.97. The van der Waals surface area contributed by atoms with Crippen LogP contribution in [0.15, 0.2) is 6.33 Å². The maximum Gasteiger partial charge on any atom is 0.209 e. The van der Waals surface area contributed by atoms with Crippen molar-refractivity contribution >= 4 is 22.9 Å². The van der Waals surface area contributed by atoms with E-state index in [-0.39, 0.29) is 5.82 Å². The molecule has 0 saturated carbocycles. The van der Waals surface area contributed by atoms with E-state index in [2.05, 4.69) is 15.0 Å². The van der Waals surface area contributed by atoms with Gasteiger partial charge in [0.2, 0.25) is 5.95 Å². The molecule has 0 bridgehead atoms. The summed E-state index contributed by atoms with van der Waals surface area (Å²) in [5.74, 6) is 0.649. The normalized spacial score (nSPS) is 28.4. The molecule has 0 aliphatic carbocycles. The van der Waals surface area contributed by atoms with E-state index in [0.29, 0.717) is 17.1 Å². The SMILES string of the molecule is CN(C)c1nc2c(N)ncnc2n1C1O[C@H](CO)[C@@H](O)[C@H]1O. The molecule has 22 heavy (non-hydrogen) atoms. The van der Waals surface area contributed by atoms with Gasteiger partial charge in [0.05, 0.1) is 6.61 Å². The van der Waals surface area contributed by atoms with Crippen LogP contribution in [0.2, 0.25) is 0 Å². The second-order valence-corrected chi connectivity index (χ2v) is 5.34. The topological polar surface area (TPSA) is 143 Å². The van der Waals surface area contributed by atoms with Crippen molar-refractivity contribution in [3.8, 4) is 0 Å². The van der Waals surface area contributed by atoms with Gasteiger partial charge in [0.25, 0.3) is 0 Å². The number of aromatic nitrogens is 4. The van der Waals surface area contributed by atoms with E-state index in [1.165, 1.54) is 10.9 Å². The van der Waals surface area contributed by atoms with E-state index >= 15 is 0 Å². The number of hydrogen-bond donors (Lipinski definition) is 4. The molecule has 1 saturated heterocycles. The van der Waals surface area contributed by atoms with Crippen LogP contribution in [0.4, 0.5) is 11.8 Å². The zero-order valence-electron chi connectivity index (χ0n) is 12.2. The molecule has 10 nitrogen and oxygen atoms in total. The van der Waals surface area contributed by atoms with Gasteiger partial charge in [-0.05, 0) is 0 Å². The number of nitrogen functional groups attached to an aromatic ring is 1. The Morgan fingerprint density at radius 2 is 2.05 bits per heavy atom. The molecule has 120 valence electrons. The first kappa shape index (κ1) is 14.9. The predicted octanol–water partition coefficient (Wildman–Crippen LogP) is -1.91. The Kier molecular flexibility index (Phi) is 3.60. The quantitative estimate of drug-likeness (QED) is 0.510. The average Bonchev–Trinajstić information content (AvgIpc) is 3.00. The van der Waals surface area contributed by atoms with Crippen LogP contribution in [0.1, 0.15) is 6.23 Å². The number of aliphatic hydroxyl groups is 3. The lowest BCUT2D eigenvalue weighted by atomic mass is 10.1. The molecule has 4 atom stereocenters. The van der Waals surface area contributed by atoms with Gasteiger partial charge in [-0.2, -0.15) is 0 Å². The molecule has 1 aliphatic heterocycles. The molecule has 1 aliphatic rings. The minimum absolute atomic E-state index is 0.207. The first-order valence-electron chi connectivity index (χ1n) is 6.74. The molecule has 1 unspecified atom stereocenters. The molecule has 2 aromatic heterocycles. The number of ether oxygens (including phenoxy) is 1. The number of anilines is 2. The van der Waals surface area contributed by atoms with Crippen molar-refractivity contribution in [2.75, 3.05) is 31.3 Å². The average molecular weight is 310 g/mol. The van der Waals surface area contributed by atoms with Crippen LogP contribution in [0.3, 0.4) is 0 Å². The molecule has 1 fully saturated rings. The molecular formula is C12H18N6O4. The fraction of sp³-hybridized carbons (Fsp3) is 0.583. The summed E-state index contributed by atoms with van der Waals surface area (Å²) < 4.78 is 7.10. The van der Waals surface area contributed by atoms with Crippen LogP contribution in [-0.4, -0.2) is 73.9 Å². The third-order valence-corrected chi connectivity index (χ3v) is 3.66. The van der Waals surface area contributed by atoms with Crippen molar-refractivity contribution in [1.82, 2.24) is 19.5 Å². The van der Waals surface area contributed by atoms with Gasteiger partial charge >= 0.3 is 0 Å². The van der Waals surface area contributed by atoms with Gasteiger partial charge in [-0.3, -0.25) is 4.57 Å². The predicted molar refractivity (Wildman–Crippen MR) is 77.1 cm³/mol. The molecular weight excluding hydrogens is 292 g/mol. The van der Waals surface area contributed by atoms with Crippen LogP contribution in [0, 0.1) is 0 Å². The zero-order chi connectivity index (χ0) is 16.0. The third-order valence-electron chi connectivity index (χ3n) is 3.66. The Hall–Kier alpha value is -2.01. The van der Waals surface area contributed by atoms with Gasteiger partial charge in [0, 0.05) is 14.1 Å². The number of fused-ring (bicyclic) bond motifs is 1. The molecule has 3 heterocycles. The van der Waals surface area contributed by atoms with Gasteiger partial charge in [-0.1, -0.05) is 0 Å². The van der Waals surface area contributed by atoms with Crippen LogP contribution < -0.4 is 10.6 Å². The number of nitrogens with zero attached hydrogens (tertiary/aromatic N) is 5. The number of aliphatic hydroxyl groups excluding tert-OH is 3. The van der Waals surface area contributed by atoms with Crippen molar-refractivity contribution in [2.45, 2.75) is 24.5 Å². The minimum Gasteiger partial charge on any atom is -0.394 e. The van der Waals surface area contributed by atoms with Gasteiger partial charge in [-0.15, -0.1) is 0 Å². The number of rotatable bonds is 3. The monoisotopic (exact) mass is 310 g/mol. The van der Waals surface area contributed by atoms with E-state index in [4.69, 9.17) is 10.5 Å². The first-order chi connectivity index (χ1) is 10.5. The Morgan fingerprint density at radius 3 is 2.64 bits per heavy atom. The highest BCUT2D eigenvalue weighted by Gasteiger charge is 2.45. The smallest absolute Gasteiger partial charge is 0.209 e. The summed E-state index contributed by atoms with van der Waals surface area (Å²) in [5, 5.41) is 29.4.